The maximum absolute atomic E-state index is 14.4. The summed E-state index contributed by atoms with van der Waals surface area (Å²) in [7, 11) is 8.53. The molecule has 3 unspecified atom stereocenters. The van der Waals surface area contributed by atoms with Gasteiger partial charge in [0.05, 0.1) is 60.1 Å². The Labute approximate surface area is 381 Å². The number of nitrogens with two attached hydrogens (primary N) is 1. The predicted octanol–water partition coefficient (Wildman–Crippen LogP) is 5.26. The van der Waals surface area contributed by atoms with Gasteiger partial charge in [-0.05, 0) is 82.2 Å². The van der Waals surface area contributed by atoms with Crippen LogP contribution in [0.3, 0.4) is 0 Å². The zero-order chi connectivity index (χ0) is 47.4. The number of hydrogen-bond donors (Lipinski definition) is 4. The molecule has 0 spiro atoms. The van der Waals surface area contributed by atoms with E-state index in [0.29, 0.717) is 37.9 Å². The molecule has 9 atom stereocenters. The lowest BCUT2D eigenvalue weighted by molar-refractivity contribution is -0.148. The summed E-state index contributed by atoms with van der Waals surface area (Å²) in [6.07, 6.45) is 7.66. The normalized spacial score (nSPS) is 19.2. The van der Waals surface area contributed by atoms with Gasteiger partial charge in [-0.15, -0.1) is 0 Å². The molecule has 64 heavy (non-hydrogen) atoms. The van der Waals surface area contributed by atoms with Crippen LogP contribution in [0.1, 0.15) is 93.4 Å². The number of carbonyl (C=O) groups excluding carboxylic acids is 5. The highest BCUT2D eigenvalue weighted by molar-refractivity contribution is 5.99. The van der Waals surface area contributed by atoms with Crippen LogP contribution < -0.4 is 21.7 Å². The van der Waals surface area contributed by atoms with Gasteiger partial charge in [-0.2, -0.15) is 0 Å². The monoisotopic (exact) mass is 889 g/mol. The van der Waals surface area contributed by atoms with Crippen molar-refractivity contribution in [2.45, 2.75) is 136 Å². The Hall–Kier alpha value is -4.86. The van der Waals surface area contributed by atoms with Crippen molar-refractivity contribution in [3.05, 3.63) is 60.0 Å². The molecular formula is C49H76N8O7. The SMILES string of the molecule is CC[C@H](C)C([C@@H](CC(=O)N1CCC[C@H]1[C@H](OC)[C@@H](C)C(=O)NC(CC1=CC=C(N)CC1)C(=O)Nc1cnc2ccccc2c1)OC)N(C)C(=O)C(NC(=O)[C@H](C(C)C)N(C)C)C(C)C. The first-order valence-corrected chi connectivity index (χ1v) is 23.0. The van der Waals surface area contributed by atoms with Gasteiger partial charge in [0, 0.05) is 38.9 Å². The van der Waals surface area contributed by atoms with Crippen LogP contribution in [0.15, 0.2) is 60.0 Å². The average molecular weight is 889 g/mol. The fourth-order valence-corrected chi connectivity index (χ4v) is 9.42. The van der Waals surface area contributed by atoms with Crippen molar-refractivity contribution >= 4 is 46.1 Å². The van der Waals surface area contributed by atoms with Gasteiger partial charge in [0.25, 0.3) is 0 Å². The van der Waals surface area contributed by atoms with Crippen LogP contribution in [-0.4, -0.2) is 134 Å². The number of ether oxygens (including phenoxy) is 2. The molecule has 354 valence electrons. The lowest BCUT2D eigenvalue weighted by atomic mass is 9.89. The van der Waals surface area contributed by atoms with E-state index >= 15 is 0 Å². The Morgan fingerprint density at radius 1 is 0.906 bits per heavy atom. The van der Waals surface area contributed by atoms with Gasteiger partial charge in [-0.3, -0.25) is 33.9 Å². The van der Waals surface area contributed by atoms with E-state index in [4.69, 9.17) is 15.2 Å². The van der Waals surface area contributed by atoms with E-state index in [0.717, 1.165) is 28.6 Å². The summed E-state index contributed by atoms with van der Waals surface area (Å²) in [5, 5.41) is 9.91. The predicted molar refractivity (Wildman–Crippen MR) is 252 cm³/mol. The van der Waals surface area contributed by atoms with Crippen LogP contribution in [0.2, 0.25) is 0 Å². The third-order valence-electron chi connectivity index (χ3n) is 13.2. The molecule has 2 aromatic rings. The molecule has 0 radical (unpaired) electrons. The van der Waals surface area contributed by atoms with E-state index < -0.39 is 48.3 Å². The molecule has 0 bridgehead atoms. The number of nitrogens with one attached hydrogen (secondary N) is 3. The summed E-state index contributed by atoms with van der Waals surface area (Å²) in [5.41, 5.74) is 9.09. The molecule has 1 saturated heterocycles. The number of methoxy groups -OCH3 is 2. The molecule has 2 heterocycles. The quantitative estimate of drug-likeness (QED) is 0.122. The number of carbonyl (C=O) groups is 5. The molecule has 1 aromatic carbocycles. The molecule has 5 N–H and O–H groups in total. The molecule has 1 aliphatic heterocycles. The van der Waals surface area contributed by atoms with Crippen molar-refractivity contribution in [2.75, 3.05) is 47.2 Å². The summed E-state index contributed by atoms with van der Waals surface area (Å²) >= 11 is 0. The number of anilines is 1. The standard InChI is InChI=1S/C49H76N8O7/c1-13-31(6)44(56(10)49(62)42(29(2)3)54-48(61)43(30(4)5)55(8)9)40(63-11)27-41(58)57-24-16-19-39(57)45(64-12)32(7)46(59)53-38(25-33-20-22-35(50)23-21-33)47(60)52-36-26-34-17-14-15-18-37(34)51-28-36/h14-15,17-18,20,22,26,28-32,38-40,42-45H,13,16,19,21,23-25,27,50H2,1-12H3,(H,52,60)(H,53,59)(H,54,61)/t31-,32+,38?,39-,40+,42?,43-,44?,45+/m0/s1. The average Bonchev–Trinajstić information content (AvgIpc) is 3.74. The second kappa shape index (κ2) is 23.9. The van der Waals surface area contributed by atoms with Crippen LogP contribution in [0.4, 0.5) is 5.69 Å². The smallest absolute Gasteiger partial charge is 0.247 e. The lowest BCUT2D eigenvalue weighted by Crippen LogP contribution is -2.59. The number of nitrogens with zero attached hydrogens (tertiary/aromatic N) is 4. The molecule has 1 fully saturated rings. The number of allylic oxidation sites excluding steroid dienone is 3. The van der Waals surface area contributed by atoms with Crippen LogP contribution in [0, 0.1) is 23.7 Å². The van der Waals surface area contributed by atoms with Crippen LogP contribution in [-0.2, 0) is 33.4 Å². The first-order chi connectivity index (χ1) is 30.3. The second-order valence-corrected chi connectivity index (χ2v) is 18.7. The molecule has 1 aromatic heterocycles. The van der Waals surface area contributed by atoms with Gasteiger partial charge in [0.2, 0.25) is 29.5 Å². The summed E-state index contributed by atoms with van der Waals surface area (Å²) < 4.78 is 12.1. The number of para-hydroxylation sites is 1. The Morgan fingerprint density at radius 3 is 2.20 bits per heavy atom. The maximum Gasteiger partial charge on any atom is 0.247 e. The summed E-state index contributed by atoms with van der Waals surface area (Å²) in [6, 6.07) is 6.46. The molecule has 0 saturated carbocycles. The first kappa shape index (κ1) is 51.8. The van der Waals surface area contributed by atoms with Crippen molar-refractivity contribution < 1.29 is 33.4 Å². The number of rotatable bonds is 22. The number of hydrogen-bond acceptors (Lipinski definition) is 10. The number of amides is 5. The third kappa shape index (κ3) is 13.1. The molecule has 4 rings (SSSR count). The van der Waals surface area contributed by atoms with E-state index in [2.05, 4.69) is 20.9 Å². The minimum absolute atomic E-state index is 0.00859. The van der Waals surface area contributed by atoms with Gasteiger partial charge in [-0.1, -0.05) is 84.7 Å². The Balaban J connectivity index is 1.51. The zero-order valence-corrected chi connectivity index (χ0v) is 40.4. The highest BCUT2D eigenvalue weighted by atomic mass is 16.5. The van der Waals surface area contributed by atoms with E-state index in [-0.39, 0.29) is 60.1 Å². The van der Waals surface area contributed by atoms with Crippen LogP contribution in [0.25, 0.3) is 10.9 Å². The Morgan fingerprint density at radius 2 is 1.61 bits per heavy atom. The van der Waals surface area contributed by atoms with Crippen molar-refractivity contribution in [3.8, 4) is 0 Å². The lowest BCUT2D eigenvalue weighted by Gasteiger charge is -2.41. The maximum atomic E-state index is 14.4. The second-order valence-electron chi connectivity index (χ2n) is 18.7. The third-order valence-corrected chi connectivity index (χ3v) is 13.2. The van der Waals surface area contributed by atoms with Crippen molar-refractivity contribution in [2.24, 2.45) is 29.4 Å². The molecule has 15 nitrogen and oxygen atoms in total. The number of aromatic nitrogens is 1. The topological polar surface area (TPSA) is 189 Å². The number of likely N-dealkylation sites (tertiary alicyclic amines) is 1. The molecular weight excluding hydrogens is 813 g/mol. The number of pyridine rings is 1. The summed E-state index contributed by atoms with van der Waals surface area (Å²) in [4.78, 5) is 80.3. The van der Waals surface area contributed by atoms with Crippen LogP contribution >= 0.6 is 0 Å². The molecule has 5 amide bonds. The van der Waals surface area contributed by atoms with Crippen molar-refractivity contribution in [3.63, 3.8) is 0 Å². The van der Waals surface area contributed by atoms with Gasteiger partial charge in [0.1, 0.15) is 12.1 Å². The highest BCUT2D eigenvalue weighted by Gasteiger charge is 2.43. The van der Waals surface area contributed by atoms with E-state index in [1.807, 2.05) is 103 Å². The Kier molecular flexibility index (Phi) is 19.3. The summed E-state index contributed by atoms with van der Waals surface area (Å²) in [5.74, 6) is -2.34. The number of fused-ring (bicyclic) bond motifs is 1. The van der Waals surface area contributed by atoms with Crippen molar-refractivity contribution in [1.82, 2.24) is 30.3 Å². The zero-order valence-electron chi connectivity index (χ0n) is 40.4. The minimum atomic E-state index is -0.910. The molecule has 1 aliphatic carbocycles. The van der Waals surface area contributed by atoms with E-state index in [1.165, 1.54) is 0 Å². The highest BCUT2D eigenvalue weighted by Crippen LogP contribution is 2.30. The van der Waals surface area contributed by atoms with Gasteiger partial charge in [-0.25, -0.2) is 0 Å². The molecule has 15 heteroatoms. The number of likely N-dealkylation sites (N-methyl/N-ethyl adjacent to an activating group) is 2. The van der Waals surface area contributed by atoms with Gasteiger partial charge in [0.15, 0.2) is 0 Å². The van der Waals surface area contributed by atoms with Crippen molar-refractivity contribution in [1.29, 1.82) is 0 Å². The molecule has 2 aliphatic rings. The van der Waals surface area contributed by atoms with E-state index in [1.54, 1.807) is 44.2 Å². The van der Waals surface area contributed by atoms with Gasteiger partial charge >= 0.3 is 0 Å². The number of benzene rings is 1. The van der Waals surface area contributed by atoms with E-state index in [9.17, 15) is 24.0 Å². The first-order valence-electron chi connectivity index (χ1n) is 23.0. The minimum Gasteiger partial charge on any atom is -0.402 e. The summed E-state index contributed by atoms with van der Waals surface area (Å²) in [6.45, 7) is 14.1. The van der Waals surface area contributed by atoms with Crippen LogP contribution in [0.5, 0.6) is 0 Å². The fraction of sp³-hybridized carbons (Fsp3) is 0.633. The largest absolute Gasteiger partial charge is 0.402 e. The Bertz CT molecular complexity index is 1980. The van der Waals surface area contributed by atoms with Gasteiger partial charge < -0.3 is 41.0 Å². The fourth-order valence-electron chi connectivity index (χ4n) is 9.42.